The van der Waals surface area contributed by atoms with Gasteiger partial charge in [0.2, 0.25) is 5.91 Å². The van der Waals surface area contributed by atoms with Crippen LogP contribution in [0.25, 0.3) is 0 Å². The van der Waals surface area contributed by atoms with E-state index in [0.29, 0.717) is 43.3 Å². The number of ether oxygens (including phenoxy) is 3. The number of rotatable bonds is 6. The Morgan fingerprint density at radius 2 is 1.58 bits per heavy atom. The van der Waals surface area contributed by atoms with Gasteiger partial charge < -0.3 is 19.5 Å². The van der Waals surface area contributed by atoms with Crippen LogP contribution in [0, 0.1) is 0 Å². The number of amides is 1. The molecule has 160 valence electrons. The maximum Gasteiger partial charge on any atom is 0.235 e. The van der Waals surface area contributed by atoms with Gasteiger partial charge in [-0.3, -0.25) is 4.79 Å². The summed E-state index contributed by atoms with van der Waals surface area (Å²) >= 11 is 3.47. The van der Waals surface area contributed by atoms with Crippen molar-refractivity contribution in [1.29, 1.82) is 0 Å². The number of methoxy groups -OCH3 is 1. The zero-order valence-corrected chi connectivity index (χ0v) is 18.9. The quantitative estimate of drug-likeness (QED) is 0.473. The summed E-state index contributed by atoms with van der Waals surface area (Å²) in [7, 11) is 1.61. The predicted molar refractivity (Wildman–Crippen MR) is 124 cm³/mol. The number of hydrogen-bond acceptors (Lipinski definition) is 4. The van der Waals surface area contributed by atoms with Gasteiger partial charge in [-0.2, -0.15) is 0 Å². The molecule has 5 nitrogen and oxygen atoms in total. The Morgan fingerprint density at radius 3 is 2.23 bits per heavy atom. The minimum absolute atomic E-state index is 0.0171. The van der Waals surface area contributed by atoms with Crippen molar-refractivity contribution in [3.63, 3.8) is 0 Å². The molecule has 0 bridgehead atoms. The fourth-order valence-corrected chi connectivity index (χ4v) is 4.09. The predicted octanol–water partition coefficient (Wildman–Crippen LogP) is 5.94. The molecule has 4 rings (SSSR count). The van der Waals surface area contributed by atoms with Crippen molar-refractivity contribution in [3.05, 3.63) is 82.8 Å². The molecule has 31 heavy (non-hydrogen) atoms. The number of carbonyl (C=O) groups is 1. The summed E-state index contributed by atoms with van der Waals surface area (Å²) in [5.41, 5.74) is 1.12. The highest BCUT2D eigenvalue weighted by molar-refractivity contribution is 9.10. The number of anilines is 1. The van der Waals surface area contributed by atoms with E-state index in [1.165, 1.54) is 0 Å². The van der Waals surface area contributed by atoms with E-state index >= 15 is 0 Å². The fraction of sp³-hybridized carbons (Fsp3) is 0.240. The first-order valence-corrected chi connectivity index (χ1v) is 11.0. The summed E-state index contributed by atoms with van der Waals surface area (Å²) in [4.78, 5) is 13.4. The molecule has 0 atom stereocenters. The van der Waals surface area contributed by atoms with E-state index in [9.17, 15) is 4.79 Å². The highest BCUT2D eigenvalue weighted by atomic mass is 79.9. The number of carbonyl (C=O) groups excluding carboxylic acids is 1. The van der Waals surface area contributed by atoms with Crippen LogP contribution >= 0.6 is 15.9 Å². The molecule has 0 spiro atoms. The van der Waals surface area contributed by atoms with Gasteiger partial charge in [0.05, 0.1) is 12.5 Å². The molecule has 1 aliphatic heterocycles. The number of halogens is 1. The molecular weight excluding hydrogens is 458 g/mol. The third kappa shape index (κ3) is 4.75. The third-order valence-corrected chi connectivity index (χ3v) is 6.12. The Kier molecular flexibility index (Phi) is 6.59. The van der Waals surface area contributed by atoms with E-state index < -0.39 is 5.41 Å². The van der Waals surface area contributed by atoms with Crippen molar-refractivity contribution < 1.29 is 19.0 Å². The first-order chi connectivity index (χ1) is 15.1. The lowest BCUT2D eigenvalue weighted by Crippen LogP contribution is -2.44. The van der Waals surface area contributed by atoms with Gasteiger partial charge in [0.1, 0.15) is 5.75 Å². The normalized spacial score (nSPS) is 15.2. The number of para-hydroxylation sites is 2. The molecule has 0 unspecified atom stereocenters. The molecule has 0 aromatic heterocycles. The molecule has 6 heteroatoms. The molecule has 0 saturated carbocycles. The second-order valence-electron chi connectivity index (χ2n) is 7.43. The zero-order valence-electron chi connectivity index (χ0n) is 17.3. The van der Waals surface area contributed by atoms with Crippen LogP contribution in [0.1, 0.15) is 18.4 Å². The molecule has 1 fully saturated rings. The monoisotopic (exact) mass is 481 g/mol. The van der Waals surface area contributed by atoms with Crippen LogP contribution in [-0.4, -0.2) is 26.2 Å². The van der Waals surface area contributed by atoms with Gasteiger partial charge in [-0.25, -0.2) is 0 Å². The molecule has 3 aromatic rings. The van der Waals surface area contributed by atoms with Crippen LogP contribution in [0.5, 0.6) is 17.2 Å². The van der Waals surface area contributed by atoms with Crippen molar-refractivity contribution >= 4 is 27.5 Å². The maximum atomic E-state index is 13.4. The number of nitrogens with one attached hydrogen (secondary N) is 1. The molecule has 1 N–H and O–H groups in total. The molecule has 1 amide bonds. The van der Waals surface area contributed by atoms with Crippen LogP contribution in [0.3, 0.4) is 0 Å². The number of hydrogen-bond donors (Lipinski definition) is 1. The molecule has 1 heterocycles. The Morgan fingerprint density at radius 1 is 0.935 bits per heavy atom. The highest BCUT2D eigenvalue weighted by Gasteiger charge is 2.41. The molecular formula is C25H24BrNO4. The van der Waals surface area contributed by atoms with Gasteiger partial charge >= 0.3 is 0 Å². The first kappa shape index (κ1) is 21.4. The summed E-state index contributed by atoms with van der Waals surface area (Å²) < 4.78 is 17.8. The Hall–Kier alpha value is -2.83. The fourth-order valence-electron chi connectivity index (χ4n) is 3.82. The maximum absolute atomic E-state index is 13.4. The topological polar surface area (TPSA) is 56.8 Å². The lowest BCUT2D eigenvalue weighted by atomic mass is 9.73. The van der Waals surface area contributed by atoms with Crippen molar-refractivity contribution in [2.75, 3.05) is 25.6 Å². The summed E-state index contributed by atoms with van der Waals surface area (Å²) in [5, 5.41) is 3.09. The van der Waals surface area contributed by atoms with E-state index in [2.05, 4.69) is 21.2 Å². The molecule has 3 aromatic carbocycles. The van der Waals surface area contributed by atoms with Gasteiger partial charge in [0, 0.05) is 23.4 Å². The van der Waals surface area contributed by atoms with Crippen LogP contribution in [0.15, 0.2) is 77.3 Å². The molecule has 1 saturated heterocycles. The lowest BCUT2D eigenvalue weighted by molar-refractivity contribution is -0.125. The Balaban J connectivity index is 1.51. The van der Waals surface area contributed by atoms with E-state index in [-0.39, 0.29) is 5.91 Å². The first-order valence-electron chi connectivity index (χ1n) is 10.2. The smallest absolute Gasteiger partial charge is 0.235 e. The van der Waals surface area contributed by atoms with E-state index in [0.717, 1.165) is 15.7 Å². The standard InChI is InChI=1S/C25H24BrNO4/c1-29-22-4-2-3-5-23(22)31-21-12-10-20(11-13-21)27-24(28)25(14-16-30-17-15-25)18-6-8-19(26)9-7-18/h2-13H,14-17H2,1H3,(H,27,28). The van der Waals surface area contributed by atoms with Crippen LogP contribution in [-0.2, 0) is 14.9 Å². The van der Waals surface area contributed by atoms with Crippen molar-refractivity contribution in [1.82, 2.24) is 0 Å². The number of benzene rings is 3. The van der Waals surface area contributed by atoms with Gasteiger partial charge in [-0.1, -0.05) is 40.2 Å². The van der Waals surface area contributed by atoms with E-state index in [4.69, 9.17) is 14.2 Å². The summed E-state index contributed by atoms with van der Waals surface area (Å²) in [6.45, 7) is 1.13. The van der Waals surface area contributed by atoms with E-state index in [1.54, 1.807) is 7.11 Å². The second-order valence-corrected chi connectivity index (χ2v) is 8.35. The van der Waals surface area contributed by atoms with Crippen molar-refractivity contribution in [3.8, 4) is 17.2 Å². The van der Waals surface area contributed by atoms with Crippen LogP contribution in [0.4, 0.5) is 5.69 Å². The summed E-state index contributed by atoms with van der Waals surface area (Å²) in [6, 6.07) is 22.8. The molecule has 0 aliphatic carbocycles. The van der Waals surface area contributed by atoms with Gasteiger partial charge in [0.15, 0.2) is 11.5 Å². The largest absolute Gasteiger partial charge is 0.493 e. The third-order valence-electron chi connectivity index (χ3n) is 5.59. The SMILES string of the molecule is COc1ccccc1Oc1ccc(NC(=O)C2(c3ccc(Br)cc3)CCOCC2)cc1. The lowest BCUT2D eigenvalue weighted by Gasteiger charge is -2.36. The highest BCUT2D eigenvalue weighted by Crippen LogP contribution is 2.37. The van der Waals surface area contributed by atoms with E-state index in [1.807, 2.05) is 72.8 Å². The van der Waals surface area contributed by atoms with Crippen LogP contribution in [0.2, 0.25) is 0 Å². The van der Waals surface area contributed by atoms with Crippen LogP contribution < -0.4 is 14.8 Å². The Bertz CT molecular complexity index is 1030. The van der Waals surface area contributed by atoms with Gasteiger partial charge in [-0.15, -0.1) is 0 Å². The Labute approximate surface area is 190 Å². The van der Waals surface area contributed by atoms with Crippen molar-refractivity contribution in [2.24, 2.45) is 0 Å². The van der Waals surface area contributed by atoms with Crippen molar-refractivity contribution in [2.45, 2.75) is 18.3 Å². The average Bonchev–Trinajstić information content (AvgIpc) is 2.81. The minimum Gasteiger partial charge on any atom is -0.493 e. The summed E-state index contributed by atoms with van der Waals surface area (Å²) in [5.74, 6) is 1.95. The summed E-state index contributed by atoms with van der Waals surface area (Å²) in [6.07, 6.45) is 1.30. The average molecular weight is 482 g/mol. The zero-order chi connectivity index (χ0) is 21.7. The molecule has 0 radical (unpaired) electrons. The minimum atomic E-state index is -0.606. The molecule has 1 aliphatic rings. The second kappa shape index (κ2) is 9.54. The van der Waals surface area contributed by atoms with Gasteiger partial charge in [-0.05, 0) is 66.9 Å². The van der Waals surface area contributed by atoms with Gasteiger partial charge in [0.25, 0.3) is 0 Å².